The first-order chi connectivity index (χ1) is 16.7. The summed E-state index contributed by atoms with van der Waals surface area (Å²) in [7, 11) is -2.48. The van der Waals surface area contributed by atoms with Gasteiger partial charge in [0, 0.05) is 25.8 Å². The van der Waals surface area contributed by atoms with E-state index in [-0.39, 0.29) is 22.7 Å². The molecule has 2 aromatic carbocycles. The number of amides is 1. The van der Waals surface area contributed by atoms with Crippen LogP contribution in [0.2, 0.25) is 0 Å². The van der Waals surface area contributed by atoms with Gasteiger partial charge in [0.2, 0.25) is 5.91 Å². The molecule has 35 heavy (non-hydrogen) atoms. The van der Waals surface area contributed by atoms with Crippen molar-refractivity contribution in [1.29, 1.82) is 0 Å². The first-order valence-corrected chi connectivity index (χ1v) is 13.3. The molecule has 9 nitrogen and oxygen atoms in total. The summed E-state index contributed by atoms with van der Waals surface area (Å²) in [6.07, 6.45) is 4.73. The molecule has 1 fully saturated rings. The Morgan fingerprint density at radius 2 is 1.63 bits per heavy atom. The maximum Gasteiger partial charge on any atom is 0.331 e. The second-order valence-corrected chi connectivity index (χ2v) is 10.5. The zero-order valence-corrected chi connectivity index (χ0v) is 20.8. The average Bonchev–Trinajstić information content (AvgIpc) is 3.15. The van der Waals surface area contributed by atoms with Crippen LogP contribution < -0.4 is 16.0 Å². The summed E-state index contributed by atoms with van der Waals surface area (Å²) in [6, 6.07) is 11.1. The molecule has 3 aromatic rings. The van der Waals surface area contributed by atoms with Crippen molar-refractivity contribution in [2.75, 3.05) is 17.8 Å². The number of rotatable bonds is 6. The van der Waals surface area contributed by atoms with Crippen LogP contribution in [0.25, 0.3) is 10.9 Å². The predicted octanol–water partition coefficient (Wildman–Crippen LogP) is 2.47. The fourth-order valence-electron chi connectivity index (χ4n) is 4.38. The van der Waals surface area contributed by atoms with Gasteiger partial charge in [-0.05, 0) is 55.2 Å². The summed E-state index contributed by atoms with van der Waals surface area (Å²) < 4.78 is 30.7. The molecule has 1 aliphatic rings. The van der Waals surface area contributed by atoms with Crippen LogP contribution in [0.15, 0.2) is 56.9 Å². The zero-order chi connectivity index (χ0) is 25.2. The van der Waals surface area contributed by atoms with Gasteiger partial charge in [-0.25, -0.2) is 13.2 Å². The molecule has 0 atom stereocenters. The molecule has 186 valence electrons. The SMILES string of the molecule is CCc1ccc(NS(=O)(=O)c2ccc3c(c2)c(=O)n(CC(=O)N2CCCCCC2)c(=O)n3C)cc1. The van der Waals surface area contributed by atoms with Crippen LogP contribution in [0.4, 0.5) is 5.69 Å². The highest BCUT2D eigenvalue weighted by atomic mass is 32.2. The third kappa shape index (κ3) is 5.17. The van der Waals surface area contributed by atoms with Gasteiger partial charge in [-0.2, -0.15) is 0 Å². The molecule has 10 heteroatoms. The summed E-state index contributed by atoms with van der Waals surface area (Å²) in [5.74, 6) is -0.286. The second kappa shape index (κ2) is 10.1. The van der Waals surface area contributed by atoms with Crippen LogP contribution in [-0.4, -0.2) is 41.4 Å². The van der Waals surface area contributed by atoms with Crippen molar-refractivity contribution in [3.63, 3.8) is 0 Å². The molecule has 1 N–H and O–H groups in total. The molecule has 0 radical (unpaired) electrons. The third-order valence-corrected chi connectivity index (χ3v) is 7.88. The molecule has 0 spiro atoms. The Hall–Kier alpha value is -3.40. The number of aryl methyl sites for hydroxylation is 2. The van der Waals surface area contributed by atoms with Crippen LogP contribution >= 0.6 is 0 Å². The number of carbonyl (C=O) groups is 1. The van der Waals surface area contributed by atoms with Crippen molar-refractivity contribution >= 4 is 32.5 Å². The van der Waals surface area contributed by atoms with Crippen LogP contribution in [0.5, 0.6) is 0 Å². The lowest BCUT2D eigenvalue weighted by Crippen LogP contribution is -2.44. The normalized spacial score (nSPS) is 14.6. The fraction of sp³-hybridized carbons (Fsp3) is 0.400. The van der Waals surface area contributed by atoms with Crippen molar-refractivity contribution in [3.05, 3.63) is 68.9 Å². The number of sulfonamides is 1. The molecule has 1 aliphatic heterocycles. The van der Waals surface area contributed by atoms with Gasteiger partial charge in [-0.15, -0.1) is 0 Å². The lowest BCUT2D eigenvalue weighted by atomic mass is 10.2. The summed E-state index contributed by atoms with van der Waals surface area (Å²) in [5, 5.41) is 0.0555. The van der Waals surface area contributed by atoms with Gasteiger partial charge in [-0.1, -0.05) is 31.9 Å². The molecule has 1 aromatic heterocycles. The first kappa shape index (κ1) is 24.7. The largest absolute Gasteiger partial charge is 0.341 e. The van der Waals surface area contributed by atoms with E-state index < -0.39 is 21.3 Å². The maximum absolute atomic E-state index is 13.3. The Labute approximate surface area is 204 Å². The number of carbonyl (C=O) groups excluding carboxylic acids is 1. The number of nitrogens with one attached hydrogen (secondary N) is 1. The van der Waals surface area contributed by atoms with Gasteiger partial charge in [0.05, 0.1) is 15.8 Å². The van der Waals surface area contributed by atoms with E-state index in [1.807, 2.05) is 19.1 Å². The molecule has 0 saturated carbocycles. The minimum Gasteiger partial charge on any atom is -0.341 e. The van der Waals surface area contributed by atoms with Crippen LogP contribution in [0.1, 0.15) is 38.2 Å². The van der Waals surface area contributed by atoms with Crippen molar-refractivity contribution in [2.24, 2.45) is 7.05 Å². The Kier molecular flexibility index (Phi) is 7.11. The molecule has 0 aliphatic carbocycles. The molecule has 4 rings (SSSR count). The zero-order valence-electron chi connectivity index (χ0n) is 20.0. The van der Waals surface area contributed by atoms with Crippen molar-refractivity contribution in [2.45, 2.75) is 50.5 Å². The first-order valence-electron chi connectivity index (χ1n) is 11.8. The van der Waals surface area contributed by atoms with E-state index in [9.17, 15) is 22.8 Å². The maximum atomic E-state index is 13.3. The number of anilines is 1. The van der Waals surface area contributed by atoms with E-state index in [0.717, 1.165) is 42.2 Å². The number of fused-ring (bicyclic) bond motifs is 1. The Morgan fingerprint density at radius 1 is 0.971 bits per heavy atom. The molecule has 2 heterocycles. The van der Waals surface area contributed by atoms with E-state index in [1.54, 1.807) is 17.0 Å². The van der Waals surface area contributed by atoms with Gasteiger partial charge in [0.25, 0.3) is 15.6 Å². The standard InChI is InChI=1S/C25H30N4O5S/c1-3-18-8-10-19(11-9-18)26-35(33,34)20-12-13-22-21(16-20)24(31)29(25(32)27(22)2)17-23(30)28-14-6-4-5-7-15-28/h8-13,16,26H,3-7,14-15,17H2,1-2H3. The highest BCUT2D eigenvalue weighted by Gasteiger charge is 2.21. The molecular weight excluding hydrogens is 468 g/mol. The monoisotopic (exact) mass is 498 g/mol. The lowest BCUT2D eigenvalue weighted by molar-refractivity contribution is -0.131. The number of hydrogen-bond donors (Lipinski definition) is 1. The highest BCUT2D eigenvalue weighted by Crippen LogP contribution is 2.20. The highest BCUT2D eigenvalue weighted by molar-refractivity contribution is 7.92. The second-order valence-electron chi connectivity index (χ2n) is 8.86. The summed E-state index contributed by atoms with van der Waals surface area (Å²) in [4.78, 5) is 40.6. The van der Waals surface area contributed by atoms with Crippen molar-refractivity contribution in [1.82, 2.24) is 14.0 Å². The number of nitrogens with zero attached hydrogens (tertiary/aromatic N) is 3. The topological polar surface area (TPSA) is 110 Å². The molecule has 0 bridgehead atoms. The van der Waals surface area contributed by atoms with Gasteiger partial charge < -0.3 is 4.90 Å². The predicted molar refractivity (Wildman–Crippen MR) is 135 cm³/mol. The molecule has 1 saturated heterocycles. The van der Waals surface area contributed by atoms with Crippen molar-refractivity contribution in [3.8, 4) is 0 Å². The Bertz CT molecular complexity index is 1460. The van der Waals surface area contributed by atoms with Gasteiger partial charge in [-0.3, -0.25) is 23.4 Å². The molecule has 1 amide bonds. The number of benzene rings is 2. The van der Waals surface area contributed by atoms with Crippen LogP contribution in [0.3, 0.4) is 0 Å². The van der Waals surface area contributed by atoms with E-state index in [0.29, 0.717) is 24.3 Å². The fourth-order valence-corrected chi connectivity index (χ4v) is 5.46. The lowest BCUT2D eigenvalue weighted by Gasteiger charge is -2.21. The Morgan fingerprint density at radius 3 is 2.26 bits per heavy atom. The summed E-state index contributed by atoms with van der Waals surface area (Å²) >= 11 is 0. The number of likely N-dealkylation sites (tertiary alicyclic amines) is 1. The van der Waals surface area contributed by atoms with Crippen LogP contribution in [0, 0.1) is 0 Å². The van der Waals surface area contributed by atoms with E-state index in [4.69, 9.17) is 0 Å². The Balaban J connectivity index is 1.70. The van der Waals surface area contributed by atoms with E-state index in [2.05, 4.69) is 4.72 Å². The summed E-state index contributed by atoms with van der Waals surface area (Å²) in [5.41, 5.74) is 0.480. The number of hydrogen-bond acceptors (Lipinski definition) is 5. The van der Waals surface area contributed by atoms with Crippen LogP contribution in [-0.2, 0) is 34.8 Å². The van der Waals surface area contributed by atoms with E-state index in [1.165, 1.54) is 29.8 Å². The smallest absolute Gasteiger partial charge is 0.331 e. The summed E-state index contributed by atoms with van der Waals surface area (Å²) in [6.45, 7) is 2.85. The van der Waals surface area contributed by atoms with E-state index >= 15 is 0 Å². The van der Waals surface area contributed by atoms with Crippen molar-refractivity contribution < 1.29 is 13.2 Å². The number of aromatic nitrogens is 2. The van der Waals surface area contributed by atoms with Gasteiger partial charge >= 0.3 is 5.69 Å². The van der Waals surface area contributed by atoms with Gasteiger partial charge in [0.1, 0.15) is 6.54 Å². The minimum atomic E-state index is -3.98. The third-order valence-electron chi connectivity index (χ3n) is 6.50. The molecular formula is C25H30N4O5S. The minimum absolute atomic E-state index is 0.0555. The van der Waals surface area contributed by atoms with Gasteiger partial charge in [0.15, 0.2) is 0 Å². The average molecular weight is 499 g/mol. The quantitative estimate of drug-likeness (QED) is 0.561. The molecule has 0 unspecified atom stereocenters.